The number of sulfonamides is 1. The second kappa shape index (κ2) is 9.10. The van der Waals surface area contributed by atoms with Crippen LogP contribution in [0.2, 0.25) is 5.02 Å². The van der Waals surface area contributed by atoms with Crippen molar-refractivity contribution >= 4 is 38.9 Å². The third-order valence-electron chi connectivity index (χ3n) is 3.98. The second-order valence-corrected chi connectivity index (χ2v) is 8.46. The number of nitrogens with one attached hydrogen (secondary N) is 1. The normalized spacial score (nSPS) is 11.1. The Hall–Kier alpha value is -2.25. The van der Waals surface area contributed by atoms with E-state index in [4.69, 9.17) is 16.3 Å². The SMILES string of the molecule is COc1ccc(N(CCCC(=O)Nc2ccc(C)c(Cl)c2)S(C)(=O)=O)cc1. The molecular formula is C19H23ClN2O4S. The molecule has 0 saturated carbocycles. The van der Waals surface area contributed by atoms with Gasteiger partial charge in [-0.25, -0.2) is 8.42 Å². The summed E-state index contributed by atoms with van der Waals surface area (Å²) in [6, 6.07) is 12.0. The van der Waals surface area contributed by atoms with Gasteiger partial charge in [0.15, 0.2) is 0 Å². The van der Waals surface area contributed by atoms with E-state index >= 15 is 0 Å². The Morgan fingerprint density at radius 1 is 1.19 bits per heavy atom. The Labute approximate surface area is 165 Å². The van der Waals surface area contributed by atoms with Crippen LogP contribution >= 0.6 is 11.6 Å². The number of rotatable bonds is 8. The molecule has 2 rings (SSSR count). The van der Waals surface area contributed by atoms with Crippen LogP contribution in [-0.4, -0.2) is 34.2 Å². The van der Waals surface area contributed by atoms with Crippen molar-refractivity contribution in [3.05, 3.63) is 53.1 Å². The predicted molar refractivity (Wildman–Crippen MR) is 109 cm³/mol. The van der Waals surface area contributed by atoms with E-state index in [2.05, 4.69) is 5.32 Å². The fourth-order valence-electron chi connectivity index (χ4n) is 2.51. The number of ether oxygens (including phenoxy) is 1. The number of aryl methyl sites for hydroxylation is 1. The third-order valence-corrected chi connectivity index (χ3v) is 5.58. The Morgan fingerprint density at radius 2 is 1.85 bits per heavy atom. The number of amides is 1. The molecule has 0 heterocycles. The zero-order chi connectivity index (χ0) is 20.0. The summed E-state index contributed by atoms with van der Waals surface area (Å²) in [4.78, 5) is 12.1. The van der Waals surface area contributed by atoms with E-state index in [1.165, 1.54) is 4.31 Å². The lowest BCUT2D eigenvalue weighted by Gasteiger charge is -2.22. The molecule has 0 radical (unpaired) electrons. The molecule has 0 unspecified atom stereocenters. The molecule has 0 aliphatic rings. The zero-order valence-corrected chi connectivity index (χ0v) is 17.1. The van der Waals surface area contributed by atoms with Gasteiger partial charge in [0.05, 0.1) is 19.1 Å². The Balaban J connectivity index is 1.96. The van der Waals surface area contributed by atoms with Gasteiger partial charge in [0.1, 0.15) is 5.75 Å². The molecule has 0 saturated heterocycles. The standard InChI is InChI=1S/C19H23ClN2O4S/c1-14-6-7-15(13-18(14)20)21-19(23)5-4-12-22(27(3,24)25)16-8-10-17(26-2)11-9-16/h6-11,13H,4-5,12H2,1-3H3,(H,21,23). The van der Waals surface area contributed by atoms with E-state index in [9.17, 15) is 13.2 Å². The van der Waals surface area contributed by atoms with E-state index in [0.29, 0.717) is 28.6 Å². The second-order valence-electron chi connectivity index (χ2n) is 6.15. The number of carbonyl (C=O) groups is 1. The van der Waals surface area contributed by atoms with Crippen molar-refractivity contribution in [1.29, 1.82) is 0 Å². The van der Waals surface area contributed by atoms with Gasteiger partial charge in [-0.2, -0.15) is 0 Å². The third kappa shape index (κ3) is 6.15. The first-order valence-corrected chi connectivity index (χ1v) is 10.6. The van der Waals surface area contributed by atoms with Crippen molar-refractivity contribution < 1.29 is 17.9 Å². The predicted octanol–water partition coefficient (Wildman–Crippen LogP) is 3.84. The molecule has 0 aliphatic heterocycles. The average molecular weight is 411 g/mol. The minimum atomic E-state index is -3.46. The Morgan fingerprint density at radius 3 is 2.41 bits per heavy atom. The van der Waals surface area contributed by atoms with Crippen LogP contribution in [0.1, 0.15) is 18.4 Å². The average Bonchev–Trinajstić information content (AvgIpc) is 2.61. The quantitative estimate of drug-likeness (QED) is 0.717. The van der Waals surface area contributed by atoms with Crippen LogP contribution in [-0.2, 0) is 14.8 Å². The van der Waals surface area contributed by atoms with Crippen LogP contribution in [0.3, 0.4) is 0 Å². The molecule has 0 spiro atoms. The highest BCUT2D eigenvalue weighted by Gasteiger charge is 2.17. The van der Waals surface area contributed by atoms with Crippen LogP contribution in [0.25, 0.3) is 0 Å². The van der Waals surface area contributed by atoms with Crippen molar-refractivity contribution in [2.24, 2.45) is 0 Å². The maximum absolute atomic E-state index is 12.1. The molecule has 6 nitrogen and oxygen atoms in total. The van der Waals surface area contributed by atoms with Gasteiger partial charge < -0.3 is 10.1 Å². The van der Waals surface area contributed by atoms with Gasteiger partial charge in [-0.1, -0.05) is 17.7 Å². The zero-order valence-electron chi connectivity index (χ0n) is 15.5. The molecule has 1 amide bonds. The lowest BCUT2D eigenvalue weighted by Crippen LogP contribution is -2.31. The number of anilines is 2. The topological polar surface area (TPSA) is 75.7 Å². The van der Waals surface area contributed by atoms with Crippen molar-refractivity contribution in [3.8, 4) is 5.75 Å². The smallest absolute Gasteiger partial charge is 0.232 e. The maximum atomic E-state index is 12.1. The van der Waals surface area contributed by atoms with Crippen molar-refractivity contribution in [1.82, 2.24) is 0 Å². The fourth-order valence-corrected chi connectivity index (χ4v) is 3.66. The number of methoxy groups -OCH3 is 1. The van der Waals surface area contributed by atoms with Crippen LogP contribution < -0.4 is 14.4 Å². The number of hydrogen-bond donors (Lipinski definition) is 1. The number of carbonyl (C=O) groups excluding carboxylic acids is 1. The first kappa shape index (κ1) is 21.1. The minimum Gasteiger partial charge on any atom is -0.497 e. The van der Waals surface area contributed by atoms with Crippen molar-refractivity contribution in [3.63, 3.8) is 0 Å². The summed E-state index contributed by atoms with van der Waals surface area (Å²) >= 11 is 6.05. The summed E-state index contributed by atoms with van der Waals surface area (Å²) in [6.45, 7) is 2.08. The largest absolute Gasteiger partial charge is 0.497 e. The lowest BCUT2D eigenvalue weighted by molar-refractivity contribution is -0.116. The van der Waals surface area contributed by atoms with E-state index in [-0.39, 0.29) is 18.9 Å². The van der Waals surface area contributed by atoms with E-state index in [1.807, 2.05) is 13.0 Å². The monoisotopic (exact) mass is 410 g/mol. The summed E-state index contributed by atoms with van der Waals surface area (Å²) in [7, 11) is -1.92. The minimum absolute atomic E-state index is 0.188. The Bertz CT molecular complexity index is 898. The molecule has 0 atom stereocenters. The van der Waals surface area contributed by atoms with Crippen LogP contribution in [0.15, 0.2) is 42.5 Å². The number of benzene rings is 2. The number of halogens is 1. The molecule has 2 aromatic carbocycles. The Kier molecular flexibility index (Phi) is 7.10. The first-order valence-electron chi connectivity index (χ1n) is 8.38. The molecule has 1 N–H and O–H groups in total. The van der Waals surface area contributed by atoms with Crippen molar-refractivity contribution in [2.75, 3.05) is 29.5 Å². The summed E-state index contributed by atoms with van der Waals surface area (Å²) < 4.78 is 30.6. The van der Waals surface area contributed by atoms with E-state index in [1.54, 1.807) is 43.5 Å². The molecule has 0 fully saturated rings. The van der Waals surface area contributed by atoms with Crippen LogP contribution in [0.5, 0.6) is 5.75 Å². The summed E-state index contributed by atoms with van der Waals surface area (Å²) in [5, 5.41) is 3.35. The molecule has 146 valence electrons. The highest BCUT2D eigenvalue weighted by molar-refractivity contribution is 7.92. The highest BCUT2D eigenvalue weighted by Crippen LogP contribution is 2.22. The van der Waals surface area contributed by atoms with Crippen molar-refractivity contribution in [2.45, 2.75) is 19.8 Å². The number of nitrogens with zero attached hydrogens (tertiary/aromatic N) is 1. The molecular weight excluding hydrogens is 388 g/mol. The highest BCUT2D eigenvalue weighted by atomic mass is 35.5. The lowest BCUT2D eigenvalue weighted by atomic mass is 10.2. The van der Waals surface area contributed by atoms with Gasteiger partial charge in [0.2, 0.25) is 15.9 Å². The van der Waals surface area contributed by atoms with Gasteiger partial charge in [-0.15, -0.1) is 0 Å². The van der Waals surface area contributed by atoms with Crippen LogP contribution in [0.4, 0.5) is 11.4 Å². The molecule has 27 heavy (non-hydrogen) atoms. The van der Waals surface area contributed by atoms with E-state index in [0.717, 1.165) is 11.8 Å². The summed E-state index contributed by atoms with van der Waals surface area (Å²) in [6.07, 6.45) is 1.71. The maximum Gasteiger partial charge on any atom is 0.232 e. The molecule has 0 bridgehead atoms. The molecule has 0 aliphatic carbocycles. The van der Waals surface area contributed by atoms with Crippen LogP contribution in [0, 0.1) is 6.92 Å². The summed E-state index contributed by atoms with van der Waals surface area (Å²) in [5.74, 6) is 0.446. The number of hydrogen-bond acceptors (Lipinski definition) is 4. The van der Waals surface area contributed by atoms with Gasteiger partial charge >= 0.3 is 0 Å². The van der Waals surface area contributed by atoms with Gasteiger partial charge in [0, 0.05) is 23.7 Å². The van der Waals surface area contributed by atoms with Gasteiger partial charge in [-0.3, -0.25) is 9.10 Å². The van der Waals surface area contributed by atoms with Gasteiger partial charge in [0.25, 0.3) is 0 Å². The van der Waals surface area contributed by atoms with Gasteiger partial charge in [-0.05, 0) is 55.3 Å². The summed E-state index contributed by atoms with van der Waals surface area (Å²) in [5.41, 5.74) is 2.08. The molecule has 8 heteroatoms. The van der Waals surface area contributed by atoms with E-state index < -0.39 is 10.0 Å². The molecule has 2 aromatic rings. The first-order chi connectivity index (χ1) is 12.7. The molecule has 0 aromatic heterocycles. The fraction of sp³-hybridized carbons (Fsp3) is 0.316.